The summed E-state index contributed by atoms with van der Waals surface area (Å²) >= 11 is 0. The van der Waals surface area contributed by atoms with Crippen molar-refractivity contribution in [1.82, 2.24) is 9.55 Å². The lowest BCUT2D eigenvalue weighted by Crippen LogP contribution is -2.41. The van der Waals surface area contributed by atoms with Gasteiger partial charge in [0.15, 0.2) is 5.78 Å². The number of carbonyl (C=O) groups is 2. The monoisotopic (exact) mass is 265 g/mol. The Morgan fingerprint density at radius 2 is 2.00 bits per heavy atom. The number of ketones is 1. The van der Waals surface area contributed by atoms with Gasteiger partial charge in [-0.15, -0.1) is 0 Å². The highest BCUT2D eigenvalue weighted by Gasteiger charge is 2.30. The zero-order valence-corrected chi connectivity index (χ0v) is 11.8. The maximum atomic E-state index is 12.1. The minimum absolute atomic E-state index is 0.0511. The molecule has 2 rings (SSSR count). The number of hydrogen-bond acceptors (Lipinski definition) is 4. The molecular formula is C13H19N3O3. The number of aromatic nitrogens is 2. The van der Waals surface area contributed by atoms with Crippen LogP contribution in [-0.4, -0.2) is 33.6 Å². The van der Waals surface area contributed by atoms with Crippen molar-refractivity contribution in [3.63, 3.8) is 0 Å². The average molecular weight is 265 g/mol. The number of imidazole rings is 1. The van der Waals surface area contributed by atoms with E-state index in [0.717, 1.165) is 6.42 Å². The zero-order valence-electron chi connectivity index (χ0n) is 11.8. The van der Waals surface area contributed by atoms with Crippen LogP contribution in [0.5, 0.6) is 0 Å². The molecule has 1 aromatic rings. The van der Waals surface area contributed by atoms with Crippen LogP contribution in [0, 0.1) is 0 Å². The van der Waals surface area contributed by atoms with Crippen molar-refractivity contribution in [3.8, 4) is 0 Å². The fraction of sp³-hybridized carbons (Fsp3) is 0.615. The van der Waals surface area contributed by atoms with Gasteiger partial charge in [0.1, 0.15) is 11.3 Å². The fourth-order valence-corrected chi connectivity index (χ4v) is 2.06. The lowest BCUT2D eigenvalue weighted by Gasteiger charge is -2.30. The molecule has 0 radical (unpaired) electrons. The van der Waals surface area contributed by atoms with Gasteiger partial charge in [-0.25, -0.2) is 14.7 Å². The van der Waals surface area contributed by atoms with Crippen LogP contribution in [0.1, 0.15) is 44.6 Å². The molecule has 0 unspecified atom stereocenters. The number of anilines is 1. The largest absolute Gasteiger partial charge is 0.443 e. The van der Waals surface area contributed by atoms with E-state index in [1.165, 1.54) is 18.0 Å². The molecular weight excluding hydrogens is 246 g/mol. The van der Waals surface area contributed by atoms with Gasteiger partial charge in [0, 0.05) is 20.0 Å². The molecule has 0 fully saturated rings. The van der Waals surface area contributed by atoms with Gasteiger partial charge >= 0.3 is 6.09 Å². The van der Waals surface area contributed by atoms with Gasteiger partial charge in [-0.1, -0.05) is 0 Å². The summed E-state index contributed by atoms with van der Waals surface area (Å²) in [5.74, 6) is 0.440. The van der Waals surface area contributed by atoms with E-state index in [-0.39, 0.29) is 5.78 Å². The first-order chi connectivity index (χ1) is 8.79. The van der Waals surface area contributed by atoms with Crippen LogP contribution < -0.4 is 4.90 Å². The summed E-state index contributed by atoms with van der Waals surface area (Å²) < 4.78 is 7.13. The molecule has 19 heavy (non-hydrogen) atoms. The van der Waals surface area contributed by atoms with Crippen molar-refractivity contribution in [3.05, 3.63) is 11.9 Å². The molecule has 1 amide bonds. The highest BCUT2D eigenvalue weighted by Crippen LogP contribution is 2.23. The van der Waals surface area contributed by atoms with Crippen molar-refractivity contribution >= 4 is 17.8 Å². The summed E-state index contributed by atoms with van der Waals surface area (Å²) in [7, 11) is 0. The van der Waals surface area contributed by atoms with Gasteiger partial charge in [-0.05, 0) is 27.2 Å². The second kappa shape index (κ2) is 4.68. The minimum Gasteiger partial charge on any atom is -0.443 e. The standard InChI is InChI=1S/C13H19N3O3/c1-9(17)10-8-14-11-15(10)6-5-7-16(11)12(18)19-13(2,3)4/h8H,5-7H2,1-4H3. The zero-order chi connectivity index (χ0) is 14.2. The summed E-state index contributed by atoms with van der Waals surface area (Å²) in [6, 6.07) is 0. The van der Waals surface area contributed by atoms with E-state index in [0.29, 0.717) is 24.7 Å². The molecule has 2 heterocycles. The Bertz CT molecular complexity index is 514. The van der Waals surface area contributed by atoms with Crippen molar-refractivity contribution in [1.29, 1.82) is 0 Å². The molecule has 6 nitrogen and oxygen atoms in total. The summed E-state index contributed by atoms with van der Waals surface area (Å²) in [6.07, 6.45) is 1.87. The smallest absolute Gasteiger partial charge is 0.417 e. The molecule has 0 aromatic carbocycles. The predicted molar refractivity (Wildman–Crippen MR) is 70.4 cm³/mol. The SMILES string of the molecule is CC(=O)c1cnc2n1CCCN2C(=O)OC(C)(C)C. The molecule has 0 spiro atoms. The minimum atomic E-state index is -0.546. The Hall–Kier alpha value is -1.85. The lowest BCUT2D eigenvalue weighted by molar-refractivity contribution is 0.0571. The second-order valence-corrected chi connectivity index (χ2v) is 5.64. The van der Waals surface area contributed by atoms with Crippen LogP contribution >= 0.6 is 0 Å². The number of hydrogen-bond donors (Lipinski definition) is 0. The summed E-state index contributed by atoms with van der Waals surface area (Å²) in [4.78, 5) is 29.3. The lowest BCUT2D eigenvalue weighted by atomic mass is 10.2. The second-order valence-electron chi connectivity index (χ2n) is 5.64. The van der Waals surface area contributed by atoms with Crippen LogP contribution in [-0.2, 0) is 11.3 Å². The van der Waals surface area contributed by atoms with Gasteiger partial charge in [0.05, 0.1) is 6.20 Å². The highest BCUT2D eigenvalue weighted by atomic mass is 16.6. The molecule has 0 N–H and O–H groups in total. The summed E-state index contributed by atoms with van der Waals surface area (Å²) in [6.45, 7) is 8.22. The molecule has 6 heteroatoms. The third-order valence-corrected chi connectivity index (χ3v) is 2.81. The number of Topliss-reactive ketones (excluding diaryl/α,β-unsaturated/α-hetero) is 1. The molecule has 1 aliphatic heterocycles. The topological polar surface area (TPSA) is 64.4 Å². The van der Waals surface area contributed by atoms with Crippen LogP contribution in [0.3, 0.4) is 0 Å². The molecule has 1 aliphatic rings. The molecule has 0 saturated heterocycles. The number of amides is 1. The van der Waals surface area contributed by atoms with Gasteiger partial charge in [-0.2, -0.15) is 0 Å². The number of ether oxygens (including phenoxy) is 1. The number of carbonyl (C=O) groups excluding carboxylic acids is 2. The average Bonchev–Trinajstić information content (AvgIpc) is 2.69. The van der Waals surface area contributed by atoms with Crippen molar-refractivity contribution in [2.75, 3.05) is 11.4 Å². The van der Waals surface area contributed by atoms with E-state index in [1.54, 1.807) is 4.57 Å². The van der Waals surface area contributed by atoms with E-state index in [4.69, 9.17) is 4.74 Å². The Morgan fingerprint density at radius 1 is 1.32 bits per heavy atom. The van der Waals surface area contributed by atoms with Gasteiger partial charge in [-0.3, -0.25) is 4.79 Å². The highest BCUT2D eigenvalue weighted by molar-refractivity contribution is 5.94. The summed E-state index contributed by atoms with van der Waals surface area (Å²) in [5.41, 5.74) is -0.0155. The number of fused-ring (bicyclic) bond motifs is 1. The Morgan fingerprint density at radius 3 is 2.58 bits per heavy atom. The van der Waals surface area contributed by atoms with Crippen LogP contribution in [0.2, 0.25) is 0 Å². The molecule has 1 aromatic heterocycles. The van der Waals surface area contributed by atoms with E-state index in [9.17, 15) is 9.59 Å². The normalized spacial score (nSPS) is 15.1. The van der Waals surface area contributed by atoms with E-state index in [1.807, 2.05) is 20.8 Å². The molecule has 104 valence electrons. The predicted octanol–water partition coefficient (Wildman–Crippen LogP) is 2.23. The fourth-order valence-electron chi connectivity index (χ4n) is 2.06. The Balaban J connectivity index is 2.28. The Kier molecular flexibility index (Phi) is 3.34. The van der Waals surface area contributed by atoms with Crippen LogP contribution in [0.25, 0.3) is 0 Å². The number of rotatable bonds is 1. The van der Waals surface area contributed by atoms with Crippen molar-refractivity contribution in [2.45, 2.75) is 46.3 Å². The third-order valence-electron chi connectivity index (χ3n) is 2.81. The first-order valence-electron chi connectivity index (χ1n) is 6.36. The number of nitrogens with zero attached hydrogens (tertiary/aromatic N) is 3. The van der Waals surface area contributed by atoms with Crippen LogP contribution in [0.15, 0.2) is 6.20 Å². The van der Waals surface area contributed by atoms with Crippen molar-refractivity contribution < 1.29 is 14.3 Å². The van der Waals surface area contributed by atoms with E-state index >= 15 is 0 Å². The summed E-state index contributed by atoms with van der Waals surface area (Å²) in [5, 5.41) is 0. The van der Waals surface area contributed by atoms with Gasteiger partial charge < -0.3 is 9.30 Å². The van der Waals surface area contributed by atoms with E-state index in [2.05, 4.69) is 4.98 Å². The maximum Gasteiger partial charge on any atom is 0.417 e. The first kappa shape index (κ1) is 13.6. The van der Waals surface area contributed by atoms with Gasteiger partial charge in [0.25, 0.3) is 0 Å². The quantitative estimate of drug-likeness (QED) is 0.730. The molecule has 0 atom stereocenters. The van der Waals surface area contributed by atoms with Crippen molar-refractivity contribution in [2.24, 2.45) is 0 Å². The maximum absolute atomic E-state index is 12.1. The first-order valence-corrected chi connectivity index (χ1v) is 6.36. The molecule has 0 saturated carbocycles. The third kappa shape index (κ3) is 2.77. The van der Waals surface area contributed by atoms with Crippen LogP contribution in [0.4, 0.5) is 10.7 Å². The molecule has 0 aliphatic carbocycles. The Labute approximate surface area is 112 Å². The molecule has 0 bridgehead atoms. The van der Waals surface area contributed by atoms with E-state index < -0.39 is 11.7 Å². The van der Waals surface area contributed by atoms with Gasteiger partial charge in [0.2, 0.25) is 5.95 Å².